The maximum absolute atomic E-state index is 9.77. The monoisotopic (exact) mass is 1000 g/mol. The minimum Gasteiger partial charge on any atom is -0.479 e. The third kappa shape index (κ3) is 19.6. The molecule has 0 saturated carbocycles. The van der Waals surface area contributed by atoms with E-state index in [2.05, 4.69) is 120 Å². The molecule has 8 atom stereocenters. The summed E-state index contributed by atoms with van der Waals surface area (Å²) >= 11 is 0. The van der Waals surface area contributed by atoms with E-state index in [0.717, 1.165) is 0 Å². The van der Waals surface area contributed by atoms with Gasteiger partial charge in [0.25, 0.3) is 0 Å². The van der Waals surface area contributed by atoms with Crippen LogP contribution in [-0.2, 0) is 19.2 Å². The molecule has 4 unspecified atom stereocenters. The Kier molecular flexibility index (Phi) is 25.4. The molecule has 0 amide bonds. The van der Waals surface area contributed by atoms with Crippen LogP contribution < -0.4 is 0 Å². The van der Waals surface area contributed by atoms with Gasteiger partial charge in [-0.25, -0.2) is 19.2 Å². The van der Waals surface area contributed by atoms with Gasteiger partial charge in [-0.05, 0) is 178 Å². The summed E-state index contributed by atoms with van der Waals surface area (Å²) in [6.07, 6.45) is 17.0. The highest BCUT2D eigenvalue weighted by atomic mass is 16.4. The molecule has 4 aromatic heterocycles. The number of carboxylic acid groups (broad SMARTS) is 4. The first-order valence-electron chi connectivity index (χ1n) is 24.1. The lowest BCUT2D eigenvalue weighted by molar-refractivity contribution is -0.165. The average molecular weight is 1010 g/mol. The number of hydrogen-bond acceptors (Lipinski definition) is 16. The molecule has 396 valence electrons. The van der Waals surface area contributed by atoms with Crippen LogP contribution >= 0.6 is 0 Å². The third-order valence-electron chi connectivity index (χ3n) is 12.8. The lowest BCUT2D eigenvalue weighted by Crippen LogP contribution is -2.39. The van der Waals surface area contributed by atoms with Crippen LogP contribution in [0, 0.1) is 27.7 Å². The van der Waals surface area contributed by atoms with E-state index in [1.54, 1.807) is 0 Å². The van der Waals surface area contributed by atoms with Gasteiger partial charge in [0.2, 0.25) is 0 Å². The van der Waals surface area contributed by atoms with Crippen LogP contribution in [0.25, 0.3) is 0 Å². The summed E-state index contributed by atoms with van der Waals surface area (Å²) in [5, 5.41) is 65.1. The van der Waals surface area contributed by atoms with Crippen molar-refractivity contribution in [3.05, 3.63) is 118 Å². The Morgan fingerprint density at radius 3 is 0.694 bits per heavy atom. The molecule has 0 bridgehead atoms. The summed E-state index contributed by atoms with van der Waals surface area (Å²) in [7, 11) is 8.78. The van der Waals surface area contributed by atoms with Gasteiger partial charge in [-0.2, -0.15) is 0 Å². The lowest BCUT2D eigenvalue weighted by Gasteiger charge is -2.19. The SMILES string of the molecule is Cc1cncc([C@@H]2CCCN2C)c1.Cc1cncc([C@@H]2CCCN2C)c1.Cc1cncc([C@@H]2CCCN2C)c1.Cc1cncc([C@@H]2CCCN2C)c1.O=C(O)C(O)C(O)C(=O)O.O=C(O)C(O)C(O)C(=O)O. The van der Waals surface area contributed by atoms with Gasteiger partial charge in [0, 0.05) is 73.7 Å². The first kappa shape index (κ1) is 60.5. The Hall–Kier alpha value is -5.84. The van der Waals surface area contributed by atoms with Crippen molar-refractivity contribution in [3.8, 4) is 0 Å². The maximum atomic E-state index is 9.77. The number of nitrogens with zero attached hydrogens (tertiary/aromatic N) is 8. The second-order valence-electron chi connectivity index (χ2n) is 18.9. The molecule has 8 N–H and O–H groups in total. The van der Waals surface area contributed by atoms with Crippen molar-refractivity contribution in [2.45, 2.75) is 128 Å². The summed E-state index contributed by atoms with van der Waals surface area (Å²) < 4.78 is 0. The summed E-state index contributed by atoms with van der Waals surface area (Å²) in [5.41, 5.74) is 10.5. The third-order valence-corrected chi connectivity index (χ3v) is 12.8. The summed E-state index contributed by atoms with van der Waals surface area (Å²) in [5.74, 6) is -7.07. The van der Waals surface area contributed by atoms with Crippen molar-refractivity contribution in [2.75, 3.05) is 54.4 Å². The molecule has 0 aromatic carbocycles. The normalized spacial score (nSPS) is 21.5. The molecule has 4 saturated heterocycles. The van der Waals surface area contributed by atoms with E-state index in [1.165, 1.54) is 122 Å². The second-order valence-corrected chi connectivity index (χ2v) is 18.9. The van der Waals surface area contributed by atoms with Crippen LogP contribution in [0.1, 0.15) is 120 Å². The van der Waals surface area contributed by atoms with Gasteiger partial charge < -0.3 is 40.9 Å². The molecule has 72 heavy (non-hydrogen) atoms. The number of aryl methyl sites for hydroxylation is 4. The van der Waals surface area contributed by atoms with E-state index in [0.29, 0.717) is 24.2 Å². The molecule has 4 aliphatic rings. The van der Waals surface area contributed by atoms with Crippen molar-refractivity contribution in [3.63, 3.8) is 0 Å². The lowest BCUT2D eigenvalue weighted by atomic mass is 10.1. The first-order chi connectivity index (χ1) is 34.0. The molecule has 4 fully saturated rings. The van der Waals surface area contributed by atoms with Crippen molar-refractivity contribution >= 4 is 23.9 Å². The fourth-order valence-electron chi connectivity index (χ4n) is 8.91. The fourth-order valence-corrected chi connectivity index (χ4v) is 8.91. The fraction of sp³-hybridized carbons (Fsp3) is 0.538. The zero-order valence-electron chi connectivity index (χ0n) is 42.8. The van der Waals surface area contributed by atoms with Gasteiger partial charge in [-0.15, -0.1) is 0 Å². The highest BCUT2D eigenvalue weighted by Crippen LogP contribution is 2.32. The zero-order valence-corrected chi connectivity index (χ0v) is 42.8. The zero-order chi connectivity index (χ0) is 53.7. The average Bonchev–Trinajstić information content (AvgIpc) is 4.18. The van der Waals surface area contributed by atoms with E-state index < -0.39 is 48.3 Å². The van der Waals surface area contributed by atoms with Crippen LogP contribution in [0.3, 0.4) is 0 Å². The van der Waals surface area contributed by atoms with E-state index in [-0.39, 0.29) is 0 Å². The number of aliphatic hydroxyl groups is 4. The Bertz CT molecular complexity index is 2010. The van der Waals surface area contributed by atoms with E-state index in [9.17, 15) is 19.2 Å². The van der Waals surface area contributed by atoms with Gasteiger partial charge in [-0.1, -0.05) is 24.3 Å². The first-order valence-corrected chi connectivity index (χ1v) is 24.1. The van der Waals surface area contributed by atoms with Crippen molar-refractivity contribution in [1.29, 1.82) is 0 Å². The predicted molar refractivity (Wildman–Crippen MR) is 269 cm³/mol. The molecule has 20 heteroatoms. The molecular weight excluding hydrogens is 929 g/mol. The second kappa shape index (κ2) is 30.3. The smallest absolute Gasteiger partial charge is 0.335 e. The molecule has 0 spiro atoms. The molecule has 8 rings (SSSR count). The van der Waals surface area contributed by atoms with Gasteiger partial charge in [-0.3, -0.25) is 39.5 Å². The molecule has 0 aliphatic carbocycles. The predicted octanol–water partition coefficient (Wildman–Crippen LogP) is 4.38. The van der Waals surface area contributed by atoms with Crippen LogP contribution in [0.5, 0.6) is 0 Å². The van der Waals surface area contributed by atoms with Gasteiger partial charge >= 0.3 is 23.9 Å². The minimum atomic E-state index is -2.27. The Labute approximate surface area is 422 Å². The number of aromatic nitrogens is 4. The number of pyridine rings is 4. The van der Waals surface area contributed by atoms with Crippen molar-refractivity contribution in [2.24, 2.45) is 0 Å². The standard InChI is InChI=1S/4C11H16N2.2C4H6O6/c4*1-9-6-10(8-12-7-9)11-4-3-5-13(11)2;2*5-1(3(7)8)2(6)4(9)10/h4*6-8,11H,3-5H2,1-2H3;2*1-2,5-6H,(H,7,8)(H,9,10)/t4*11-;;/m0000../s1. The number of aliphatic carboxylic acids is 4. The molecule has 4 aromatic rings. The number of rotatable bonds is 10. The topological polar surface area (TPSA) is 295 Å². The van der Waals surface area contributed by atoms with Gasteiger partial charge in [0.05, 0.1) is 0 Å². The van der Waals surface area contributed by atoms with Crippen LogP contribution in [0.4, 0.5) is 0 Å². The summed E-state index contributed by atoms with van der Waals surface area (Å²) in [4.78, 5) is 65.7. The number of carbonyl (C=O) groups is 4. The van der Waals surface area contributed by atoms with Crippen LogP contribution in [0.2, 0.25) is 0 Å². The van der Waals surface area contributed by atoms with Gasteiger partial charge in [0.1, 0.15) is 0 Å². The van der Waals surface area contributed by atoms with Crippen molar-refractivity contribution < 1.29 is 60.0 Å². The quantitative estimate of drug-likeness (QED) is 0.109. The Morgan fingerprint density at radius 1 is 0.389 bits per heavy atom. The van der Waals surface area contributed by atoms with E-state index in [1.807, 2.05) is 49.6 Å². The van der Waals surface area contributed by atoms with E-state index >= 15 is 0 Å². The summed E-state index contributed by atoms with van der Waals surface area (Å²) in [6.45, 7) is 13.3. The van der Waals surface area contributed by atoms with E-state index in [4.69, 9.17) is 40.9 Å². The number of hydrogen-bond donors (Lipinski definition) is 8. The molecule has 8 heterocycles. The van der Waals surface area contributed by atoms with Crippen LogP contribution in [0.15, 0.2) is 73.8 Å². The minimum absolute atomic E-state index is 0.604. The largest absolute Gasteiger partial charge is 0.479 e. The summed E-state index contributed by atoms with van der Waals surface area (Å²) in [6, 6.07) is 11.4. The molecule has 0 radical (unpaired) electrons. The van der Waals surface area contributed by atoms with Crippen LogP contribution in [-0.4, -0.2) is 183 Å². The number of aliphatic hydroxyl groups excluding tert-OH is 4. The van der Waals surface area contributed by atoms with Crippen molar-refractivity contribution in [1.82, 2.24) is 39.5 Å². The highest BCUT2D eigenvalue weighted by molar-refractivity contribution is 5.83. The molecule has 20 nitrogen and oxygen atoms in total. The Balaban J connectivity index is 0.000000229. The van der Waals surface area contributed by atoms with Gasteiger partial charge in [0.15, 0.2) is 24.4 Å². The number of likely N-dealkylation sites (tertiary alicyclic amines) is 4. The Morgan fingerprint density at radius 2 is 0.569 bits per heavy atom. The molecule has 4 aliphatic heterocycles. The molecular formula is C52H76N8O12. The highest BCUT2D eigenvalue weighted by Gasteiger charge is 2.31. The number of carboxylic acids is 4. The maximum Gasteiger partial charge on any atom is 0.335 e.